The normalized spacial score (nSPS) is 31.4. The van der Waals surface area contributed by atoms with Crippen molar-refractivity contribution in [2.24, 2.45) is 5.73 Å². The maximum absolute atomic E-state index is 5.88. The zero-order chi connectivity index (χ0) is 12.4. The summed E-state index contributed by atoms with van der Waals surface area (Å²) in [5, 5.41) is 5.73. The third-order valence-electron chi connectivity index (χ3n) is 3.05. The molecule has 1 aromatic rings. The molecule has 0 bridgehead atoms. The molecular formula is C11H19N3OS2. The zero-order valence-electron chi connectivity index (χ0n) is 10.4. The van der Waals surface area contributed by atoms with E-state index in [2.05, 4.69) is 24.0 Å². The highest BCUT2D eigenvalue weighted by molar-refractivity contribution is 8.07. The van der Waals surface area contributed by atoms with Crippen molar-refractivity contribution in [1.82, 2.24) is 10.1 Å². The molecule has 1 aromatic heterocycles. The molecule has 1 fully saturated rings. The van der Waals surface area contributed by atoms with E-state index in [-0.39, 0.29) is 6.04 Å². The molecule has 96 valence electrons. The van der Waals surface area contributed by atoms with Gasteiger partial charge in [0.15, 0.2) is 5.82 Å². The van der Waals surface area contributed by atoms with E-state index in [1.165, 1.54) is 0 Å². The number of nitrogens with two attached hydrogens (primary N) is 1. The van der Waals surface area contributed by atoms with E-state index in [1.807, 2.05) is 30.4 Å². The van der Waals surface area contributed by atoms with Crippen LogP contribution in [-0.2, 0) is 0 Å². The number of hydrogen-bond donors (Lipinski definition) is 1. The number of aromatic nitrogens is 2. The molecule has 3 unspecified atom stereocenters. The van der Waals surface area contributed by atoms with Crippen molar-refractivity contribution in [3.05, 3.63) is 11.7 Å². The molecule has 0 aliphatic carbocycles. The van der Waals surface area contributed by atoms with Crippen LogP contribution in [0.2, 0.25) is 0 Å². The molecule has 2 rings (SSSR count). The van der Waals surface area contributed by atoms with Gasteiger partial charge in [0.05, 0.1) is 11.3 Å². The van der Waals surface area contributed by atoms with E-state index < -0.39 is 0 Å². The summed E-state index contributed by atoms with van der Waals surface area (Å²) in [6.45, 7) is 6.55. The second-order valence-electron chi connectivity index (χ2n) is 4.37. The zero-order valence-corrected chi connectivity index (χ0v) is 12.1. The van der Waals surface area contributed by atoms with E-state index in [0.29, 0.717) is 21.6 Å². The van der Waals surface area contributed by atoms with Crippen molar-refractivity contribution in [2.45, 2.75) is 49.0 Å². The molecule has 4 nitrogen and oxygen atoms in total. The quantitative estimate of drug-likeness (QED) is 0.913. The van der Waals surface area contributed by atoms with Gasteiger partial charge in [-0.2, -0.15) is 16.7 Å². The van der Waals surface area contributed by atoms with Gasteiger partial charge in [0.25, 0.3) is 0 Å². The second kappa shape index (κ2) is 5.63. The molecule has 17 heavy (non-hydrogen) atoms. The summed E-state index contributed by atoms with van der Waals surface area (Å²) in [5.41, 5.74) is 5.88. The van der Waals surface area contributed by atoms with Crippen LogP contribution in [0.25, 0.3) is 0 Å². The van der Waals surface area contributed by atoms with Gasteiger partial charge in [-0.25, -0.2) is 0 Å². The Labute approximate surface area is 110 Å². The third-order valence-corrected chi connectivity index (χ3v) is 6.44. The largest absolute Gasteiger partial charge is 0.338 e. The molecule has 6 heteroatoms. The predicted molar refractivity (Wildman–Crippen MR) is 73.2 cm³/mol. The van der Waals surface area contributed by atoms with Crippen LogP contribution in [0, 0.1) is 0 Å². The van der Waals surface area contributed by atoms with Crippen molar-refractivity contribution in [2.75, 3.05) is 5.75 Å². The average Bonchev–Trinajstić information content (AvgIpc) is 2.81. The summed E-state index contributed by atoms with van der Waals surface area (Å²) in [5.74, 6) is 2.43. The summed E-state index contributed by atoms with van der Waals surface area (Å²) >= 11 is 3.91. The molecule has 2 N–H and O–H groups in total. The minimum Gasteiger partial charge on any atom is -0.338 e. The van der Waals surface area contributed by atoms with Gasteiger partial charge in [-0.1, -0.05) is 25.9 Å². The highest BCUT2D eigenvalue weighted by Gasteiger charge is 2.30. The fraction of sp³-hybridized carbons (Fsp3) is 0.818. The van der Waals surface area contributed by atoms with Gasteiger partial charge >= 0.3 is 0 Å². The Kier molecular flexibility index (Phi) is 4.38. The molecule has 0 spiro atoms. The number of thioether (sulfide) groups is 2. The van der Waals surface area contributed by atoms with Crippen LogP contribution in [0.5, 0.6) is 0 Å². The molecule has 0 radical (unpaired) electrons. The van der Waals surface area contributed by atoms with Crippen LogP contribution in [0.1, 0.15) is 50.2 Å². The van der Waals surface area contributed by atoms with Gasteiger partial charge in [-0.05, 0) is 6.42 Å². The Balaban J connectivity index is 2.05. The average molecular weight is 273 g/mol. The SMILES string of the molecule is CC[C@H](N)c1nc(C2CSC(C)C(C)S2)no1. The first kappa shape index (κ1) is 13.2. The predicted octanol–water partition coefficient (Wildman–Crippen LogP) is 2.78. The first-order valence-electron chi connectivity index (χ1n) is 5.98. The first-order valence-corrected chi connectivity index (χ1v) is 7.97. The Hall–Kier alpha value is -0.200. The number of rotatable bonds is 3. The van der Waals surface area contributed by atoms with Gasteiger partial charge in [0.2, 0.25) is 5.89 Å². The van der Waals surface area contributed by atoms with Crippen LogP contribution in [0.3, 0.4) is 0 Å². The lowest BCUT2D eigenvalue weighted by molar-refractivity contribution is 0.348. The molecule has 1 aliphatic heterocycles. The van der Waals surface area contributed by atoms with Gasteiger partial charge in [-0.15, -0.1) is 11.8 Å². The number of nitrogens with zero attached hydrogens (tertiary/aromatic N) is 2. The summed E-state index contributed by atoms with van der Waals surface area (Å²) in [4.78, 5) is 4.43. The minimum absolute atomic E-state index is 0.131. The molecule has 0 saturated carbocycles. The van der Waals surface area contributed by atoms with Crippen LogP contribution < -0.4 is 5.73 Å². The smallest absolute Gasteiger partial charge is 0.243 e. The summed E-state index contributed by atoms with van der Waals surface area (Å²) in [7, 11) is 0. The minimum atomic E-state index is -0.131. The summed E-state index contributed by atoms with van der Waals surface area (Å²) in [6, 6.07) is -0.131. The van der Waals surface area contributed by atoms with Gasteiger partial charge in [0.1, 0.15) is 0 Å². The maximum Gasteiger partial charge on any atom is 0.243 e. The van der Waals surface area contributed by atoms with E-state index in [9.17, 15) is 0 Å². The van der Waals surface area contributed by atoms with Gasteiger partial charge in [-0.3, -0.25) is 0 Å². The first-order chi connectivity index (χ1) is 8.11. The van der Waals surface area contributed by atoms with Crippen molar-refractivity contribution in [3.8, 4) is 0 Å². The second-order valence-corrected chi connectivity index (χ2v) is 7.37. The summed E-state index contributed by atoms with van der Waals surface area (Å²) in [6.07, 6.45) is 0.821. The van der Waals surface area contributed by atoms with Crippen LogP contribution >= 0.6 is 23.5 Å². The van der Waals surface area contributed by atoms with Crippen molar-refractivity contribution in [3.63, 3.8) is 0 Å². The topological polar surface area (TPSA) is 64.9 Å². The van der Waals surface area contributed by atoms with Crippen LogP contribution in [0.15, 0.2) is 4.52 Å². The van der Waals surface area contributed by atoms with Gasteiger partial charge in [0, 0.05) is 16.3 Å². The Morgan fingerprint density at radius 2 is 2.24 bits per heavy atom. The standard InChI is InChI=1S/C11H19N3OS2/c1-4-8(12)11-13-10(14-15-11)9-5-16-6(2)7(3)17-9/h6-9H,4-5,12H2,1-3H3/t6?,7?,8-,9?/m0/s1. The molecular weight excluding hydrogens is 254 g/mol. The lowest BCUT2D eigenvalue weighted by Crippen LogP contribution is -2.22. The molecule has 4 atom stereocenters. The van der Waals surface area contributed by atoms with Crippen LogP contribution in [-0.4, -0.2) is 26.4 Å². The third kappa shape index (κ3) is 2.98. The highest BCUT2D eigenvalue weighted by Crippen LogP contribution is 2.43. The molecule has 1 saturated heterocycles. The lowest BCUT2D eigenvalue weighted by atomic mass is 10.2. The lowest BCUT2D eigenvalue weighted by Gasteiger charge is -2.29. The molecule has 1 aliphatic rings. The van der Waals surface area contributed by atoms with Crippen molar-refractivity contribution < 1.29 is 4.52 Å². The van der Waals surface area contributed by atoms with Crippen LogP contribution in [0.4, 0.5) is 0 Å². The van der Waals surface area contributed by atoms with Gasteiger partial charge < -0.3 is 10.3 Å². The Morgan fingerprint density at radius 3 is 2.88 bits per heavy atom. The van der Waals surface area contributed by atoms with E-state index >= 15 is 0 Å². The number of hydrogen-bond acceptors (Lipinski definition) is 6. The molecule has 0 aromatic carbocycles. The van der Waals surface area contributed by atoms with Crippen molar-refractivity contribution in [1.29, 1.82) is 0 Å². The fourth-order valence-electron chi connectivity index (χ4n) is 1.62. The van der Waals surface area contributed by atoms with E-state index in [4.69, 9.17) is 10.3 Å². The fourth-order valence-corrected chi connectivity index (χ4v) is 4.46. The highest BCUT2D eigenvalue weighted by atomic mass is 32.2. The van der Waals surface area contributed by atoms with E-state index in [1.54, 1.807) is 0 Å². The van der Waals surface area contributed by atoms with E-state index in [0.717, 1.165) is 18.0 Å². The Bertz CT molecular complexity index is 371. The van der Waals surface area contributed by atoms with Crippen molar-refractivity contribution >= 4 is 23.5 Å². The maximum atomic E-state index is 5.88. The molecule has 0 amide bonds. The molecule has 2 heterocycles. The monoisotopic (exact) mass is 273 g/mol. The summed E-state index contributed by atoms with van der Waals surface area (Å²) < 4.78 is 5.22. The Morgan fingerprint density at radius 1 is 1.47 bits per heavy atom.